The van der Waals surface area contributed by atoms with Crippen LogP contribution in [0.1, 0.15) is 6.42 Å². The van der Waals surface area contributed by atoms with E-state index in [2.05, 4.69) is 10.2 Å². The Labute approximate surface area is 169 Å². The van der Waals surface area contributed by atoms with E-state index >= 15 is 0 Å². The highest BCUT2D eigenvalue weighted by Crippen LogP contribution is 2.28. The summed E-state index contributed by atoms with van der Waals surface area (Å²) in [5.74, 6) is -0.0277. The number of nitrogens with one attached hydrogen (secondary N) is 1. The largest absolute Gasteiger partial charge is 0.491 e. The molecule has 2 aliphatic heterocycles. The summed E-state index contributed by atoms with van der Waals surface area (Å²) in [4.78, 5) is 29.3. The number of benzene rings is 2. The Bertz CT molecular complexity index is 863. The number of amides is 2. The van der Waals surface area contributed by atoms with E-state index in [1.54, 1.807) is 6.07 Å². The molecule has 6 nitrogen and oxygen atoms in total. The van der Waals surface area contributed by atoms with E-state index in [4.69, 9.17) is 16.3 Å². The third-order valence-electron chi connectivity index (χ3n) is 5.20. The number of hydrogen-bond acceptors (Lipinski definition) is 4. The molecule has 2 amide bonds. The summed E-state index contributed by atoms with van der Waals surface area (Å²) in [7, 11) is 0. The summed E-state index contributed by atoms with van der Waals surface area (Å²) in [6.45, 7) is 2.99. The van der Waals surface area contributed by atoms with Gasteiger partial charge in [0, 0.05) is 43.3 Å². The summed E-state index contributed by atoms with van der Waals surface area (Å²) in [6.07, 6.45) is 0.154. The lowest BCUT2D eigenvalue weighted by Gasteiger charge is -2.36. The van der Waals surface area contributed by atoms with Crippen molar-refractivity contribution in [2.75, 3.05) is 43.0 Å². The third-order valence-corrected chi connectivity index (χ3v) is 5.45. The molecule has 2 aliphatic rings. The van der Waals surface area contributed by atoms with Crippen LogP contribution in [0.15, 0.2) is 48.5 Å². The van der Waals surface area contributed by atoms with Crippen molar-refractivity contribution >= 4 is 34.8 Å². The third kappa shape index (κ3) is 4.07. The standard InChI is InChI=1S/C21H22ClN3O3/c22-16-5-7-17(8-6-16)24-9-11-25(12-10-24)20(26)13-15-14-28-19-4-2-1-3-18(19)23-21(15)27/h1-8,15H,9-14H2,(H,23,27)/t15-/m0/s1. The van der Waals surface area contributed by atoms with Crippen molar-refractivity contribution in [1.82, 2.24) is 4.90 Å². The van der Waals surface area contributed by atoms with Gasteiger partial charge in [0.2, 0.25) is 11.8 Å². The minimum atomic E-state index is -0.491. The summed E-state index contributed by atoms with van der Waals surface area (Å²) >= 11 is 5.95. The first-order valence-electron chi connectivity index (χ1n) is 9.41. The average Bonchev–Trinajstić information content (AvgIpc) is 2.87. The molecule has 28 heavy (non-hydrogen) atoms. The summed E-state index contributed by atoms with van der Waals surface area (Å²) in [6, 6.07) is 15.0. The molecule has 0 aliphatic carbocycles. The molecule has 4 rings (SSSR count). The van der Waals surface area contributed by atoms with Gasteiger partial charge in [0.05, 0.1) is 11.6 Å². The van der Waals surface area contributed by atoms with Gasteiger partial charge in [0.1, 0.15) is 12.4 Å². The molecule has 0 aromatic heterocycles. The quantitative estimate of drug-likeness (QED) is 0.861. The number of carbonyl (C=O) groups excluding carboxylic acids is 2. The van der Waals surface area contributed by atoms with Crippen molar-refractivity contribution in [1.29, 1.82) is 0 Å². The maximum absolute atomic E-state index is 12.7. The predicted octanol–water partition coefficient (Wildman–Crippen LogP) is 3.03. The second-order valence-electron chi connectivity index (χ2n) is 7.04. The zero-order valence-corrected chi connectivity index (χ0v) is 16.2. The van der Waals surface area contributed by atoms with Crippen molar-refractivity contribution in [3.63, 3.8) is 0 Å². The Morgan fingerprint density at radius 2 is 1.79 bits per heavy atom. The molecule has 2 heterocycles. The molecule has 0 unspecified atom stereocenters. The molecule has 0 bridgehead atoms. The SMILES string of the molecule is O=C1Nc2ccccc2OC[C@@H]1CC(=O)N1CCN(c2ccc(Cl)cc2)CC1. The van der Waals surface area contributed by atoms with E-state index in [1.165, 1.54) is 0 Å². The first-order valence-corrected chi connectivity index (χ1v) is 9.79. The molecule has 0 saturated carbocycles. The summed E-state index contributed by atoms with van der Waals surface area (Å²) < 4.78 is 5.73. The van der Waals surface area contributed by atoms with Gasteiger partial charge >= 0.3 is 0 Å². The Morgan fingerprint density at radius 1 is 1.07 bits per heavy atom. The molecule has 146 valence electrons. The van der Waals surface area contributed by atoms with Crippen molar-refractivity contribution < 1.29 is 14.3 Å². The van der Waals surface area contributed by atoms with Crippen LogP contribution in [0.2, 0.25) is 5.02 Å². The lowest BCUT2D eigenvalue weighted by molar-refractivity contribution is -0.135. The van der Waals surface area contributed by atoms with E-state index in [0.29, 0.717) is 29.5 Å². The lowest BCUT2D eigenvalue weighted by Crippen LogP contribution is -2.49. The van der Waals surface area contributed by atoms with Gasteiger partial charge in [0.25, 0.3) is 0 Å². The summed E-state index contributed by atoms with van der Waals surface area (Å²) in [5.41, 5.74) is 1.75. The minimum absolute atomic E-state index is 0.00883. The maximum Gasteiger partial charge on any atom is 0.231 e. The van der Waals surface area contributed by atoms with Crippen LogP contribution in [0.25, 0.3) is 0 Å². The molecule has 7 heteroatoms. The van der Waals surface area contributed by atoms with Crippen molar-refractivity contribution in [2.24, 2.45) is 5.92 Å². The fourth-order valence-corrected chi connectivity index (χ4v) is 3.68. The van der Waals surface area contributed by atoms with Crippen molar-refractivity contribution in [3.8, 4) is 5.75 Å². The predicted molar refractivity (Wildman–Crippen MR) is 109 cm³/mol. The van der Waals surface area contributed by atoms with Gasteiger partial charge in [0.15, 0.2) is 0 Å². The molecule has 2 aromatic rings. The fourth-order valence-electron chi connectivity index (χ4n) is 3.55. The maximum atomic E-state index is 12.7. The van der Waals surface area contributed by atoms with Gasteiger partial charge in [-0.05, 0) is 36.4 Å². The van der Waals surface area contributed by atoms with Crippen LogP contribution in [0.4, 0.5) is 11.4 Å². The van der Waals surface area contributed by atoms with E-state index < -0.39 is 5.92 Å². The number of hydrogen-bond donors (Lipinski definition) is 1. The van der Waals surface area contributed by atoms with E-state index in [-0.39, 0.29) is 24.8 Å². The van der Waals surface area contributed by atoms with Gasteiger partial charge in [-0.25, -0.2) is 0 Å². The highest BCUT2D eigenvalue weighted by atomic mass is 35.5. The molecular formula is C21H22ClN3O3. The zero-order chi connectivity index (χ0) is 19.5. The van der Waals surface area contributed by atoms with Gasteiger partial charge in [-0.3, -0.25) is 9.59 Å². The number of piperazine rings is 1. The Kier molecular flexibility index (Phi) is 5.39. The average molecular weight is 400 g/mol. The van der Waals surface area contributed by atoms with Crippen LogP contribution in [0.3, 0.4) is 0 Å². The normalized spacial score (nSPS) is 19.3. The smallest absolute Gasteiger partial charge is 0.231 e. The first kappa shape index (κ1) is 18.6. The topological polar surface area (TPSA) is 61.9 Å². The Hall–Kier alpha value is -2.73. The zero-order valence-electron chi connectivity index (χ0n) is 15.4. The molecule has 1 N–H and O–H groups in total. The van der Waals surface area contributed by atoms with Crippen LogP contribution >= 0.6 is 11.6 Å². The Morgan fingerprint density at radius 3 is 2.54 bits per heavy atom. The van der Waals surface area contributed by atoms with E-state index in [0.717, 1.165) is 18.8 Å². The molecule has 1 fully saturated rings. The Balaban J connectivity index is 1.32. The van der Waals surface area contributed by atoms with Crippen LogP contribution in [-0.4, -0.2) is 49.5 Å². The minimum Gasteiger partial charge on any atom is -0.491 e. The number of halogens is 1. The number of carbonyl (C=O) groups is 2. The number of ether oxygens (including phenoxy) is 1. The van der Waals surface area contributed by atoms with Crippen LogP contribution in [0, 0.1) is 5.92 Å². The van der Waals surface area contributed by atoms with Gasteiger partial charge in [-0.1, -0.05) is 23.7 Å². The lowest BCUT2D eigenvalue weighted by atomic mass is 10.0. The second kappa shape index (κ2) is 8.10. The van der Waals surface area contributed by atoms with Gasteiger partial charge in [-0.2, -0.15) is 0 Å². The summed E-state index contributed by atoms with van der Waals surface area (Å²) in [5, 5.41) is 3.57. The molecule has 1 saturated heterocycles. The molecule has 0 radical (unpaired) electrons. The molecule has 1 atom stereocenters. The van der Waals surface area contributed by atoms with Crippen LogP contribution in [-0.2, 0) is 9.59 Å². The number of para-hydroxylation sites is 2. The van der Waals surface area contributed by atoms with Crippen LogP contribution < -0.4 is 15.0 Å². The van der Waals surface area contributed by atoms with Crippen molar-refractivity contribution in [3.05, 3.63) is 53.6 Å². The number of fused-ring (bicyclic) bond motifs is 1. The number of anilines is 2. The van der Waals surface area contributed by atoms with E-state index in [9.17, 15) is 9.59 Å². The molecular weight excluding hydrogens is 378 g/mol. The number of nitrogens with zero attached hydrogens (tertiary/aromatic N) is 2. The number of rotatable bonds is 3. The van der Waals surface area contributed by atoms with Gasteiger partial charge in [-0.15, -0.1) is 0 Å². The second-order valence-corrected chi connectivity index (χ2v) is 7.48. The first-order chi connectivity index (χ1) is 13.6. The highest BCUT2D eigenvalue weighted by molar-refractivity contribution is 6.30. The van der Waals surface area contributed by atoms with Gasteiger partial charge < -0.3 is 19.9 Å². The van der Waals surface area contributed by atoms with Crippen molar-refractivity contribution in [2.45, 2.75) is 6.42 Å². The van der Waals surface area contributed by atoms with E-state index in [1.807, 2.05) is 47.4 Å². The van der Waals surface area contributed by atoms with Crippen LogP contribution in [0.5, 0.6) is 5.75 Å². The fraction of sp³-hybridized carbons (Fsp3) is 0.333. The molecule has 0 spiro atoms. The monoisotopic (exact) mass is 399 g/mol. The molecule has 2 aromatic carbocycles. The highest BCUT2D eigenvalue weighted by Gasteiger charge is 2.30.